The first-order chi connectivity index (χ1) is 14.2. The fourth-order valence-electron chi connectivity index (χ4n) is 2.75. The van der Waals surface area contributed by atoms with Gasteiger partial charge in [-0.05, 0) is 32.0 Å². The summed E-state index contributed by atoms with van der Waals surface area (Å²) in [4.78, 5) is 23.7. The standard InChI is InChI=1S/C21H26N4O3S/c1-3-22-20(26)13-27-11-6-12-28-19-9-10-23-18(15(19)2)14-29-21-24-16-7-4-5-8-17(16)25-21/h4-5,7-10H,3,6,11-14H2,1-2H3,(H,22,26)(H,24,25). The molecule has 2 heterocycles. The van der Waals surface area contributed by atoms with Gasteiger partial charge in [-0.2, -0.15) is 0 Å². The molecule has 3 rings (SSSR count). The normalized spacial score (nSPS) is 11.0. The van der Waals surface area contributed by atoms with Crippen molar-refractivity contribution in [3.05, 3.63) is 47.8 Å². The second-order valence-corrected chi connectivity index (χ2v) is 7.40. The van der Waals surface area contributed by atoms with Crippen LogP contribution in [0, 0.1) is 6.92 Å². The van der Waals surface area contributed by atoms with E-state index in [4.69, 9.17) is 9.47 Å². The van der Waals surface area contributed by atoms with Crippen LogP contribution in [-0.4, -0.2) is 47.2 Å². The number of likely N-dealkylation sites (N-methyl/N-ethyl adjacent to an activating group) is 1. The van der Waals surface area contributed by atoms with Gasteiger partial charge in [0.2, 0.25) is 5.91 Å². The number of H-pyrrole nitrogens is 1. The van der Waals surface area contributed by atoms with Crippen molar-refractivity contribution in [2.75, 3.05) is 26.4 Å². The average Bonchev–Trinajstić information content (AvgIpc) is 3.14. The Morgan fingerprint density at radius 1 is 1.24 bits per heavy atom. The van der Waals surface area contributed by atoms with Crippen molar-refractivity contribution in [2.45, 2.75) is 31.2 Å². The minimum atomic E-state index is -0.0926. The highest BCUT2D eigenvalue weighted by atomic mass is 32.2. The third-order valence-electron chi connectivity index (χ3n) is 4.27. The Morgan fingerprint density at radius 3 is 2.93 bits per heavy atom. The molecule has 7 nitrogen and oxygen atoms in total. The summed E-state index contributed by atoms with van der Waals surface area (Å²) < 4.78 is 11.2. The van der Waals surface area contributed by atoms with Gasteiger partial charge >= 0.3 is 0 Å². The average molecular weight is 415 g/mol. The number of amides is 1. The molecule has 1 amide bonds. The molecule has 0 saturated carbocycles. The zero-order valence-corrected chi connectivity index (χ0v) is 17.6. The van der Waals surface area contributed by atoms with E-state index >= 15 is 0 Å². The fraction of sp³-hybridized carbons (Fsp3) is 0.381. The SMILES string of the molecule is CCNC(=O)COCCCOc1ccnc(CSc2nc3ccccc3[nH]2)c1C. The van der Waals surface area contributed by atoms with E-state index in [2.05, 4.69) is 20.3 Å². The van der Waals surface area contributed by atoms with Gasteiger partial charge in [0.15, 0.2) is 5.16 Å². The van der Waals surface area contributed by atoms with Crippen molar-refractivity contribution in [2.24, 2.45) is 0 Å². The number of hydrogen-bond donors (Lipinski definition) is 2. The number of pyridine rings is 1. The van der Waals surface area contributed by atoms with Crippen LogP contribution in [0.4, 0.5) is 0 Å². The molecule has 0 aliphatic carbocycles. The molecule has 0 atom stereocenters. The van der Waals surface area contributed by atoms with Crippen LogP contribution in [0.2, 0.25) is 0 Å². The van der Waals surface area contributed by atoms with E-state index in [-0.39, 0.29) is 12.5 Å². The molecule has 0 saturated heterocycles. The number of ether oxygens (including phenoxy) is 2. The first-order valence-electron chi connectivity index (χ1n) is 9.66. The molecule has 0 bridgehead atoms. The summed E-state index contributed by atoms with van der Waals surface area (Å²) in [5.41, 5.74) is 4.00. The Hall–Kier alpha value is -2.58. The highest BCUT2D eigenvalue weighted by Gasteiger charge is 2.09. The number of aromatic nitrogens is 3. The summed E-state index contributed by atoms with van der Waals surface area (Å²) in [6, 6.07) is 9.86. The predicted molar refractivity (Wildman–Crippen MR) is 114 cm³/mol. The van der Waals surface area contributed by atoms with Crippen LogP contribution in [0.1, 0.15) is 24.6 Å². The molecule has 0 fully saturated rings. The number of nitrogens with one attached hydrogen (secondary N) is 2. The lowest BCUT2D eigenvalue weighted by Crippen LogP contribution is -2.27. The van der Waals surface area contributed by atoms with E-state index in [9.17, 15) is 4.79 Å². The number of fused-ring (bicyclic) bond motifs is 1. The highest BCUT2D eigenvalue weighted by Crippen LogP contribution is 2.27. The van der Waals surface area contributed by atoms with Crippen LogP contribution in [0.25, 0.3) is 11.0 Å². The smallest absolute Gasteiger partial charge is 0.245 e. The number of rotatable bonds is 11. The molecule has 0 radical (unpaired) electrons. The van der Waals surface area contributed by atoms with Gasteiger partial charge in [0, 0.05) is 30.5 Å². The third kappa shape index (κ3) is 6.20. The number of carbonyl (C=O) groups is 1. The van der Waals surface area contributed by atoms with E-state index in [0.29, 0.717) is 31.9 Å². The Balaban J connectivity index is 1.45. The molecule has 2 N–H and O–H groups in total. The van der Waals surface area contributed by atoms with Crippen LogP contribution in [-0.2, 0) is 15.3 Å². The van der Waals surface area contributed by atoms with Gasteiger partial charge in [0.05, 0.1) is 29.9 Å². The Labute approximate surface area is 174 Å². The Kier molecular flexibility index (Phi) is 7.89. The number of para-hydroxylation sites is 2. The lowest BCUT2D eigenvalue weighted by molar-refractivity contribution is -0.125. The molecule has 0 unspecified atom stereocenters. The number of carbonyl (C=O) groups excluding carboxylic acids is 1. The molecule has 3 aromatic rings. The lowest BCUT2D eigenvalue weighted by atomic mass is 10.2. The highest BCUT2D eigenvalue weighted by molar-refractivity contribution is 7.98. The monoisotopic (exact) mass is 414 g/mol. The van der Waals surface area contributed by atoms with Crippen LogP contribution in [0.15, 0.2) is 41.7 Å². The van der Waals surface area contributed by atoms with Crippen molar-refractivity contribution in [3.63, 3.8) is 0 Å². The number of nitrogens with zero attached hydrogens (tertiary/aromatic N) is 2. The molecule has 8 heteroatoms. The van der Waals surface area contributed by atoms with Gasteiger partial charge < -0.3 is 19.8 Å². The van der Waals surface area contributed by atoms with E-state index in [1.165, 1.54) is 0 Å². The largest absolute Gasteiger partial charge is 0.493 e. The van der Waals surface area contributed by atoms with Crippen LogP contribution in [0.3, 0.4) is 0 Å². The fourth-order valence-corrected chi connectivity index (χ4v) is 3.66. The van der Waals surface area contributed by atoms with E-state index in [1.807, 2.05) is 44.2 Å². The van der Waals surface area contributed by atoms with E-state index < -0.39 is 0 Å². The first-order valence-corrected chi connectivity index (χ1v) is 10.6. The molecular formula is C21H26N4O3S. The Morgan fingerprint density at radius 2 is 2.10 bits per heavy atom. The summed E-state index contributed by atoms with van der Waals surface area (Å²) in [5, 5.41) is 3.57. The first kappa shape index (κ1) is 21.1. The predicted octanol–water partition coefficient (Wildman–Crippen LogP) is 3.48. The van der Waals surface area contributed by atoms with Crippen molar-refractivity contribution in [1.82, 2.24) is 20.3 Å². The van der Waals surface area contributed by atoms with Gasteiger partial charge in [-0.3, -0.25) is 9.78 Å². The third-order valence-corrected chi connectivity index (χ3v) is 5.15. The van der Waals surface area contributed by atoms with E-state index in [0.717, 1.165) is 33.2 Å². The molecule has 0 spiro atoms. The number of hydrogen-bond acceptors (Lipinski definition) is 6. The number of imidazole rings is 1. The Bertz CT molecular complexity index is 912. The minimum Gasteiger partial charge on any atom is -0.493 e. The summed E-state index contributed by atoms with van der Waals surface area (Å²) in [6.45, 7) is 5.61. The van der Waals surface area contributed by atoms with Gasteiger partial charge in [0.25, 0.3) is 0 Å². The van der Waals surface area contributed by atoms with Crippen LogP contribution < -0.4 is 10.1 Å². The van der Waals surface area contributed by atoms with Crippen LogP contribution >= 0.6 is 11.8 Å². The number of benzene rings is 1. The molecule has 154 valence electrons. The second kappa shape index (κ2) is 10.8. The number of aromatic amines is 1. The topological polar surface area (TPSA) is 89.1 Å². The van der Waals surface area contributed by atoms with Gasteiger partial charge in [-0.1, -0.05) is 23.9 Å². The quantitative estimate of drug-likeness (QED) is 0.369. The molecular weight excluding hydrogens is 388 g/mol. The van der Waals surface area contributed by atoms with Crippen LogP contribution in [0.5, 0.6) is 5.75 Å². The molecule has 0 aliphatic heterocycles. The molecule has 29 heavy (non-hydrogen) atoms. The summed E-state index contributed by atoms with van der Waals surface area (Å²) in [6.07, 6.45) is 2.48. The van der Waals surface area contributed by atoms with Gasteiger partial charge in [0.1, 0.15) is 12.4 Å². The van der Waals surface area contributed by atoms with Crippen molar-refractivity contribution < 1.29 is 14.3 Å². The van der Waals surface area contributed by atoms with Crippen molar-refractivity contribution in [1.29, 1.82) is 0 Å². The number of thioether (sulfide) groups is 1. The van der Waals surface area contributed by atoms with Gasteiger partial charge in [-0.15, -0.1) is 0 Å². The minimum absolute atomic E-state index is 0.0886. The maximum atomic E-state index is 11.3. The maximum Gasteiger partial charge on any atom is 0.245 e. The molecule has 2 aromatic heterocycles. The lowest BCUT2D eigenvalue weighted by Gasteiger charge is -2.12. The zero-order valence-electron chi connectivity index (χ0n) is 16.7. The molecule has 0 aliphatic rings. The van der Waals surface area contributed by atoms with Crippen molar-refractivity contribution in [3.8, 4) is 5.75 Å². The van der Waals surface area contributed by atoms with Gasteiger partial charge in [-0.25, -0.2) is 4.98 Å². The van der Waals surface area contributed by atoms with Crippen molar-refractivity contribution >= 4 is 28.7 Å². The summed E-state index contributed by atoms with van der Waals surface area (Å²) in [5.74, 6) is 1.44. The van der Waals surface area contributed by atoms with E-state index in [1.54, 1.807) is 18.0 Å². The second-order valence-electron chi connectivity index (χ2n) is 6.44. The maximum absolute atomic E-state index is 11.3. The summed E-state index contributed by atoms with van der Waals surface area (Å²) >= 11 is 1.62. The molecule has 1 aromatic carbocycles. The summed E-state index contributed by atoms with van der Waals surface area (Å²) in [7, 11) is 0. The zero-order chi connectivity index (χ0) is 20.5.